The maximum atomic E-state index is 10.9. The molecule has 0 aliphatic carbocycles. The third-order valence-electron chi connectivity index (χ3n) is 6.00. The summed E-state index contributed by atoms with van der Waals surface area (Å²) in [6.07, 6.45) is 28.2. The normalized spacial score (nSPS) is 12.1. The molecule has 2 N–H and O–H groups in total. The zero-order chi connectivity index (χ0) is 31.3. The molecule has 4 nitrogen and oxygen atoms in total. The van der Waals surface area contributed by atoms with E-state index in [0.717, 1.165) is 89.9 Å². The van der Waals surface area contributed by atoms with Crippen molar-refractivity contribution < 1.29 is 19.8 Å². The Bertz CT molecular complexity index is 539. The molecule has 0 amide bonds. The van der Waals surface area contributed by atoms with Crippen molar-refractivity contribution >= 4 is 11.6 Å². The second kappa shape index (κ2) is 42.2. The maximum absolute atomic E-state index is 10.9. The molecular weight excluding hydrogens is 496 g/mol. The molecule has 0 aromatic heterocycles. The quantitative estimate of drug-likeness (QED) is 0.0773. The molecule has 0 aliphatic rings. The summed E-state index contributed by atoms with van der Waals surface area (Å²) in [5.74, 6) is 0.701. The average Bonchev–Trinajstić information content (AvgIpc) is 2.91. The minimum atomic E-state index is -0.212. The van der Waals surface area contributed by atoms with Gasteiger partial charge in [0, 0.05) is 19.3 Å². The lowest BCUT2D eigenvalue weighted by Gasteiger charge is -2.07. The van der Waals surface area contributed by atoms with E-state index in [1.165, 1.54) is 32.1 Å². The molecule has 0 saturated heterocycles. The second-order valence-corrected chi connectivity index (χ2v) is 10.7. The molecule has 0 radical (unpaired) electrons. The number of unbranched alkanes of at least 4 members (excludes halogenated alkanes) is 6. The first kappa shape index (κ1) is 45.7. The van der Waals surface area contributed by atoms with Gasteiger partial charge in [0.15, 0.2) is 5.78 Å². The molecule has 0 spiro atoms. The van der Waals surface area contributed by atoms with Gasteiger partial charge in [0.2, 0.25) is 0 Å². The summed E-state index contributed by atoms with van der Waals surface area (Å²) in [6, 6.07) is 0. The van der Waals surface area contributed by atoms with Gasteiger partial charge in [0.25, 0.3) is 0 Å². The van der Waals surface area contributed by atoms with Crippen molar-refractivity contribution in [2.75, 3.05) is 0 Å². The number of rotatable bonds is 22. The molecule has 0 aromatic rings. The van der Waals surface area contributed by atoms with Crippen molar-refractivity contribution in [1.82, 2.24) is 0 Å². The van der Waals surface area contributed by atoms with Crippen molar-refractivity contribution in [3.05, 3.63) is 24.3 Å². The van der Waals surface area contributed by atoms with Crippen LogP contribution in [0.3, 0.4) is 0 Å². The first-order chi connectivity index (χ1) is 19.2. The van der Waals surface area contributed by atoms with Crippen LogP contribution in [0.5, 0.6) is 0 Å². The van der Waals surface area contributed by atoms with Crippen LogP contribution in [0.2, 0.25) is 0 Å². The van der Waals surface area contributed by atoms with Gasteiger partial charge in [-0.2, -0.15) is 0 Å². The van der Waals surface area contributed by atoms with Gasteiger partial charge in [0.1, 0.15) is 5.78 Å². The predicted octanol–water partition coefficient (Wildman–Crippen LogP) is 10.9. The van der Waals surface area contributed by atoms with Gasteiger partial charge in [-0.25, -0.2) is 0 Å². The largest absolute Gasteiger partial charge is 0.393 e. The fourth-order valence-corrected chi connectivity index (χ4v) is 3.61. The van der Waals surface area contributed by atoms with Crippen molar-refractivity contribution in [2.24, 2.45) is 0 Å². The van der Waals surface area contributed by atoms with Crippen LogP contribution in [0.25, 0.3) is 0 Å². The highest BCUT2D eigenvalue weighted by Crippen LogP contribution is 2.07. The summed E-state index contributed by atoms with van der Waals surface area (Å²) < 4.78 is 0. The Kier molecular flexibility index (Phi) is 48.2. The molecular formula is C36H72O4. The van der Waals surface area contributed by atoms with E-state index in [9.17, 15) is 19.8 Å². The molecule has 0 heterocycles. The van der Waals surface area contributed by atoms with E-state index in [1.54, 1.807) is 6.08 Å². The monoisotopic (exact) mass is 569 g/mol. The minimum Gasteiger partial charge on any atom is -0.393 e. The molecule has 240 valence electrons. The van der Waals surface area contributed by atoms with Crippen LogP contribution >= 0.6 is 0 Å². The third kappa shape index (κ3) is 49.7. The number of aliphatic hydroxyl groups is 2. The van der Waals surface area contributed by atoms with Crippen LogP contribution in [0.1, 0.15) is 184 Å². The summed E-state index contributed by atoms with van der Waals surface area (Å²) in [5, 5.41) is 18.5. The summed E-state index contributed by atoms with van der Waals surface area (Å²) in [4.78, 5) is 21.7. The zero-order valence-corrected chi connectivity index (χ0v) is 28.3. The van der Waals surface area contributed by atoms with Crippen LogP contribution in [-0.4, -0.2) is 34.0 Å². The smallest absolute Gasteiger partial charge is 0.155 e. The number of allylic oxidation sites excluding steroid dienone is 3. The van der Waals surface area contributed by atoms with E-state index in [2.05, 4.69) is 54.5 Å². The Labute approximate surface area is 251 Å². The van der Waals surface area contributed by atoms with Crippen LogP contribution in [-0.2, 0) is 9.59 Å². The maximum Gasteiger partial charge on any atom is 0.155 e. The lowest BCUT2D eigenvalue weighted by Crippen LogP contribution is -2.04. The van der Waals surface area contributed by atoms with Crippen molar-refractivity contribution in [1.29, 1.82) is 0 Å². The number of aliphatic hydroxyl groups excluding tert-OH is 2. The van der Waals surface area contributed by atoms with E-state index >= 15 is 0 Å². The molecule has 0 rings (SSSR count). The van der Waals surface area contributed by atoms with E-state index in [0.29, 0.717) is 12.2 Å². The fourth-order valence-electron chi connectivity index (χ4n) is 3.61. The Morgan fingerprint density at radius 3 is 1.60 bits per heavy atom. The highest BCUT2D eigenvalue weighted by Gasteiger charge is 2.00. The Morgan fingerprint density at radius 1 is 0.550 bits per heavy atom. The third-order valence-corrected chi connectivity index (χ3v) is 6.00. The molecule has 40 heavy (non-hydrogen) atoms. The van der Waals surface area contributed by atoms with Crippen LogP contribution < -0.4 is 0 Å². The van der Waals surface area contributed by atoms with E-state index < -0.39 is 0 Å². The average molecular weight is 569 g/mol. The standard InChI is InChI=1S/C9H20O.2C9H18O.C9H16O/c4*1-3-5-6-8-9(10)7-4-2/h9-10H,3-8H2,1-2H3;3-8H2,1-2H3;6,8-10H,3-5,7H2,1-2H3;6,8H,3-5,7H2,1-2H3/b;;2*8-6+. The van der Waals surface area contributed by atoms with E-state index in [4.69, 9.17) is 0 Å². The Balaban J connectivity index is -0.000000216. The molecule has 0 aliphatic heterocycles. The highest BCUT2D eigenvalue weighted by atomic mass is 16.3. The lowest BCUT2D eigenvalue weighted by molar-refractivity contribution is -0.119. The molecule has 2 atom stereocenters. The van der Waals surface area contributed by atoms with Gasteiger partial charge in [0.05, 0.1) is 12.2 Å². The number of carbonyl (C=O) groups is 2. The molecule has 0 fully saturated rings. The van der Waals surface area contributed by atoms with Gasteiger partial charge in [-0.15, -0.1) is 0 Å². The number of ketones is 2. The Hall–Kier alpha value is -1.26. The summed E-state index contributed by atoms with van der Waals surface area (Å²) in [7, 11) is 0. The minimum absolute atomic E-state index is 0.0310. The van der Waals surface area contributed by atoms with Gasteiger partial charge in [-0.1, -0.05) is 131 Å². The first-order valence-electron chi connectivity index (χ1n) is 17.0. The summed E-state index contributed by atoms with van der Waals surface area (Å²) >= 11 is 0. The first-order valence-corrected chi connectivity index (χ1v) is 17.0. The number of hydrogen-bond acceptors (Lipinski definition) is 4. The number of hydrogen-bond donors (Lipinski definition) is 2. The second-order valence-electron chi connectivity index (χ2n) is 10.7. The van der Waals surface area contributed by atoms with Gasteiger partial charge in [-0.05, 0) is 57.4 Å². The van der Waals surface area contributed by atoms with Crippen molar-refractivity contribution in [3.8, 4) is 0 Å². The SMILES string of the molecule is CCC/C=C/C(=O)CCC.CCC/C=C/C(O)CCC.CCCCCC(=O)CCC.CCCCCC(O)CCC. The highest BCUT2D eigenvalue weighted by molar-refractivity contribution is 5.89. The molecule has 0 saturated carbocycles. The van der Waals surface area contributed by atoms with Crippen molar-refractivity contribution in [2.45, 2.75) is 196 Å². The summed E-state index contributed by atoms with van der Waals surface area (Å²) in [6.45, 7) is 16.9. The number of Topliss-reactive ketones (excluding diaryl/α,β-unsaturated/α-hetero) is 1. The van der Waals surface area contributed by atoms with E-state index in [-0.39, 0.29) is 18.0 Å². The van der Waals surface area contributed by atoms with Crippen LogP contribution in [0.15, 0.2) is 24.3 Å². The van der Waals surface area contributed by atoms with E-state index in [1.807, 2.05) is 19.1 Å². The molecule has 0 aromatic carbocycles. The van der Waals surface area contributed by atoms with Crippen molar-refractivity contribution in [3.63, 3.8) is 0 Å². The topological polar surface area (TPSA) is 74.6 Å². The number of carbonyl (C=O) groups excluding carboxylic acids is 2. The van der Waals surface area contributed by atoms with Gasteiger partial charge < -0.3 is 10.2 Å². The lowest BCUT2D eigenvalue weighted by atomic mass is 10.1. The predicted molar refractivity (Wildman–Crippen MR) is 178 cm³/mol. The molecule has 2 unspecified atom stereocenters. The van der Waals surface area contributed by atoms with Crippen LogP contribution in [0.4, 0.5) is 0 Å². The zero-order valence-electron chi connectivity index (χ0n) is 28.3. The molecule has 0 bridgehead atoms. The summed E-state index contributed by atoms with van der Waals surface area (Å²) in [5.41, 5.74) is 0. The molecule has 4 heteroatoms. The van der Waals surface area contributed by atoms with Gasteiger partial charge >= 0.3 is 0 Å². The van der Waals surface area contributed by atoms with Crippen LogP contribution in [0, 0.1) is 0 Å². The fraction of sp³-hybridized carbons (Fsp3) is 0.833. The Morgan fingerprint density at radius 2 is 1.10 bits per heavy atom. The van der Waals surface area contributed by atoms with Gasteiger partial charge in [-0.3, -0.25) is 9.59 Å².